The number of carbonyl (C=O) groups is 1. The monoisotopic (exact) mass is 100 g/mol. The van der Waals surface area contributed by atoms with Crippen LogP contribution in [0.4, 0.5) is 0 Å². The molecule has 40 valence electrons. The molecule has 0 saturated carbocycles. The van der Waals surface area contributed by atoms with Gasteiger partial charge in [0.15, 0.2) is 0 Å². The van der Waals surface area contributed by atoms with Crippen molar-refractivity contribution in [2.75, 3.05) is 0 Å². The first kappa shape index (κ1) is 15.7. The van der Waals surface area contributed by atoms with Crippen LogP contribution in [0.1, 0.15) is 13.3 Å². The van der Waals surface area contributed by atoms with Crippen molar-refractivity contribution >= 4 is 24.8 Å². The third-order valence-corrected chi connectivity index (χ3v) is 0.302. The second-order valence-corrected chi connectivity index (χ2v) is 0.747. The normalized spacial score (nSPS) is 5.29. The topological polar surface area (TPSA) is 68.8 Å². The molecule has 0 aromatic rings. The van der Waals surface area contributed by atoms with Gasteiger partial charge in [-0.3, -0.25) is 4.79 Å². The summed E-state index contributed by atoms with van der Waals surface area (Å²) in [6.07, 6.45) is 0.222. The summed E-state index contributed by atoms with van der Waals surface area (Å²) < 4.78 is 0. The number of hydrogen-bond donors (Lipinski definition) is 1. The molecule has 0 aromatic heterocycles. The standard InChI is InChI=1S/C3H6O2.Li.H2O.H/c1-2-3(4)5;;;/h2H2,1H3,(H,4,5);;1H2;. The minimum atomic E-state index is -0.745. The maximum absolute atomic E-state index is 9.37. The van der Waals surface area contributed by atoms with Gasteiger partial charge in [-0.1, -0.05) is 6.92 Å². The first-order chi connectivity index (χ1) is 2.27. The van der Waals surface area contributed by atoms with Crippen LogP contribution in [-0.2, 0) is 4.79 Å². The molecule has 0 amide bonds. The van der Waals surface area contributed by atoms with Crippen LogP contribution in [0.3, 0.4) is 0 Å². The zero-order chi connectivity index (χ0) is 4.28. The molecule has 7 heavy (non-hydrogen) atoms. The molecule has 3 nitrogen and oxygen atoms in total. The first-order valence-electron chi connectivity index (χ1n) is 1.49. The van der Waals surface area contributed by atoms with Gasteiger partial charge in [0.05, 0.1) is 0 Å². The van der Waals surface area contributed by atoms with Crippen molar-refractivity contribution < 1.29 is 15.4 Å². The Morgan fingerprint density at radius 1 is 1.71 bits per heavy atom. The number of carboxylic acid groups (broad SMARTS) is 1. The molecule has 0 bridgehead atoms. The van der Waals surface area contributed by atoms with E-state index in [1.165, 1.54) is 0 Å². The van der Waals surface area contributed by atoms with Crippen molar-refractivity contribution in [1.29, 1.82) is 0 Å². The summed E-state index contributed by atoms with van der Waals surface area (Å²) in [6, 6.07) is 0. The van der Waals surface area contributed by atoms with Gasteiger partial charge >= 0.3 is 24.8 Å². The van der Waals surface area contributed by atoms with Gasteiger partial charge in [0.1, 0.15) is 0 Å². The van der Waals surface area contributed by atoms with Crippen LogP contribution in [-0.4, -0.2) is 35.4 Å². The van der Waals surface area contributed by atoms with E-state index >= 15 is 0 Å². The molecule has 0 atom stereocenters. The SMILES string of the molecule is CCC(=O)O.O.[LiH]. The summed E-state index contributed by atoms with van der Waals surface area (Å²) in [6.45, 7) is 1.60. The van der Waals surface area contributed by atoms with Gasteiger partial charge in [-0.05, 0) is 0 Å². The molecule has 0 fully saturated rings. The first-order valence-corrected chi connectivity index (χ1v) is 1.49. The van der Waals surface area contributed by atoms with Gasteiger partial charge in [-0.15, -0.1) is 0 Å². The Hall–Kier alpha value is 0.0274. The zero-order valence-corrected chi connectivity index (χ0v) is 3.56. The van der Waals surface area contributed by atoms with Gasteiger partial charge in [-0.2, -0.15) is 0 Å². The summed E-state index contributed by atoms with van der Waals surface area (Å²) in [5, 5.41) is 7.72. The fourth-order valence-electron chi connectivity index (χ4n) is 0. The Kier molecular flexibility index (Phi) is 21.1. The predicted octanol–water partition coefficient (Wildman–Crippen LogP) is -0.992. The minimum absolute atomic E-state index is 0. The van der Waals surface area contributed by atoms with Gasteiger partial charge in [0.2, 0.25) is 0 Å². The van der Waals surface area contributed by atoms with Crippen molar-refractivity contribution in [2.24, 2.45) is 0 Å². The zero-order valence-electron chi connectivity index (χ0n) is 3.56. The molecule has 0 spiro atoms. The Morgan fingerprint density at radius 2 is 1.86 bits per heavy atom. The Bertz CT molecular complexity index is 45.4. The van der Waals surface area contributed by atoms with E-state index in [1.54, 1.807) is 6.92 Å². The van der Waals surface area contributed by atoms with Crippen molar-refractivity contribution in [1.82, 2.24) is 0 Å². The molecule has 0 aliphatic heterocycles. The average Bonchev–Trinajstić information content (AvgIpc) is 1.38. The van der Waals surface area contributed by atoms with Gasteiger partial charge in [-0.25, -0.2) is 0 Å². The molecule has 4 heteroatoms. The Labute approximate surface area is 54.2 Å². The second kappa shape index (κ2) is 9.39. The quantitative estimate of drug-likeness (QED) is 0.430. The van der Waals surface area contributed by atoms with E-state index in [-0.39, 0.29) is 30.8 Å². The van der Waals surface area contributed by atoms with E-state index in [0.717, 1.165) is 0 Å². The Balaban J connectivity index is -0.0000000800. The van der Waals surface area contributed by atoms with Gasteiger partial charge < -0.3 is 10.6 Å². The molecule has 0 unspecified atom stereocenters. The second-order valence-electron chi connectivity index (χ2n) is 0.747. The molecular weight excluding hydrogens is 91.0 g/mol. The van der Waals surface area contributed by atoms with Crippen LogP contribution in [0.15, 0.2) is 0 Å². The Morgan fingerprint density at radius 3 is 1.86 bits per heavy atom. The van der Waals surface area contributed by atoms with E-state index in [1.807, 2.05) is 0 Å². The fourth-order valence-corrected chi connectivity index (χ4v) is 0. The number of rotatable bonds is 1. The van der Waals surface area contributed by atoms with Crippen molar-refractivity contribution in [3.8, 4) is 0 Å². The number of hydrogen-bond acceptors (Lipinski definition) is 1. The molecule has 0 aliphatic rings. The molecule has 3 N–H and O–H groups in total. The number of aliphatic carboxylic acids is 1. The molecular formula is C3H9LiO3. The molecule has 0 radical (unpaired) electrons. The van der Waals surface area contributed by atoms with Gasteiger partial charge in [0.25, 0.3) is 0 Å². The average molecular weight is 100 g/mol. The van der Waals surface area contributed by atoms with Crippen molar-refractivity contribution in [3.63, 3.8) is 0 Å². The summed E-state index contributed by atoms with van der Waals surface area (Å²) in [4.78, 5) is 9.37. The fraction of sp³-hybridized carbons (Fsp3) is 0.667. The van der Waals surface area contributed by atoms with Crippen LogP contribution in [0.2, 0.25) is 0 Å². The van der Waals surface area contributed by atoms with Crippen LogP contribution in [0, 0.1) is 0 Å². The summed E-state index contributed by atoms with van der Waals surface area (Å²) in [5.41, 5.74) is 0. The number of carboxylic acids is 1. The molecule has 0 saturated heterocycles. The summed E-state index contributed by atoms with van der Waals surface area (Å²) >= 11 is 0. The third-order valence-electron chi connectivity index (χ3n) is 0.302. The van der Waals surface area contributed by atoms with Crippen LogP contribution in [0.5, 0.6) is 0 Å². The van der Waals surface area contributed by atoms with E-state index in [2.05, 4.69) is 0 Å². The summed E-state index contributed by atoms with van der Waals surface area (Å²) in [5.74, 6) is -0.745. The summed E-state index contributed by atoms with van der Waals surface area (Å²) in [7, 11) is 0. The maximum atomic E-state index is 9.37. The molecule has 0 aliphatic carbocycles. The van der Waals surface area contributed by atoms with E-state index in [9.17, 15) is 4.79 Å². The van der Waals surface area contributed by atoms with Gasteiger partial charge in [0, 0.05) is 6.42 Å². The van der Waals surface area contributed by atoms with E-state index < -0.39 is 5.97 Å². The molecule has 0 heterocycles. The van der Waals surface area contributed by atoms with Crippen molar-refractivity contribution in [3.05, 3.63) is 0 Å². The molecule has 0 aromatic carbocycles. The van der Waals surface area contributed by atoms with E-state index in [0.29, 0.717) is 0 Å². The van der Waals surface area contributed by atoms with Crippen molar-refractivity contribution in [2.45, 2.75) is 13.3 Å². The van der Waals surface area contributed by atoms with Crippen LogP contribution < -0.4 is 0 Å². The van der Waals surface area contributed by atoms with Crippen LogP contribution >= 0.6 is 0 Å². The van der Waals surface area contributed by atoms with Crippen LogP contribution in [0.25, 0.3) is 0 Å². The third kappa shape index (κ3) is 23.8. The predicted molar refractivity (Wildman–Crippen MR) is 28.7 cm³/mol. The van der Waals surface area contributed by atoms with E-state index in [4.69, 9.17) is 5.11 Å². The molecule has 0 rings (SSSR count).